The van der Waals surface area contributed by atoms with E-state index in [4.69, 9.17) is 9.47 Å². The van der Waals surface area contributed by atoms with E-state index >= 15 is 0 Å². The van der Waals surface area contributed by atoms with Crippen LogP contribution >= 0.6 is 0 Å². The van der Waals surface area contributed by atoms with Gasteiger partial charge in [0.1, 0.15) is 17.3 Å². The van der Waals surface area contributed by atoms with Crippen molar-refractivity contribution in [3.8, 4) is 11.5 Å². The summed E-state index contributed by atoms with van der Waals surface area (Å²) in [5, 5.41) is 19.1. The summed E-state index contributed by atoms with van der Waals surface area (Å²) in [5.41, 5.74) is 1.71. The molecule has 4 rings (SSSR count). The topological polar surface area (TPSA) is 89.7 Å². The summed E-state index contributed by atoms with van der Waals surface area (Å²) >= 11 is 0. The minimum absolute atomic E-state index is 0.290. The SMILES string of the molecule is COc1cc(OC)cc(N2CCC(Nc3ccc4nnnn4n3)C2)c1. The summed E-state index contributed by atoms with van der Waals surface area (Å²) in [7, 11) is 3.32. The molecule has 0 bridgehead atoms. The third-order valence-corrected chi connectivity index (χ3v) is 4.31. The monoisotopic (exact) mass is 341 g/mol. The van der Waals surface area contributed by atoms with Gasteiger partial charge in [-0.2, -0.15) is 0 Å². The molecule has 1 saturated heterocycles. The molecule has 9 heteroatoms. The molecular formula is C16H19N7O2. The number of hydrogen-bond acceptors (Lipinski definition) is 8. The number of nitrogens with zero attached hydrogens (tertiary/aromatic N) is 6. The summed E-state index contributed by atoms with van der Waals surface area (Å²) < 4.78 is 12.1. The Kier molecular flexibility index (Phi) is 3.96. The second kappa shape index (κ2) is 6.42. The lowest BCUT2D eigenvalue weighted by Gasteiger charge is -2.20. The molecule has 2 aromatic heterocycles. The van der Waals surface area contributed by atoms with Crippen molar-refractivity contribution < 1.29 is 9.47 Å². The normalized spacial score (nSPS) is 17.0. The van der Waals surface area contributed by atoms with Gasteiger partial charge in [-0.15, -0.1) is 14.8 Å². The Bertz CT molecular complexity index is 860. The maximum atomic E-state index is 5.36. The van der Waals surface area contributed by atoms with E-state index in [1.54, 1.807) is 14.2 Å². The number of tetrazole rings is 1. The van der Waals surface area contributed by atoms with Crippen molar-refractivity contribution in [3.05, 3.63) is 30.3 Å². The standard InChI is InChI=1S/C16H19N7O2/c1-24-13-7-12(8-14(9-13)25-2)22-6-5-11(10-22)17-15-3-4-16-18-20-21-23(16)19-15/h3-4,7-9,11H,5-6,10H2,1-2H3,(H,17,19). The highest BCUT2D eigenvalue weighted by atomic mass is 16.5. The first kappa shape index (κ1) is 15.4. The molecule has 1 atom stereocenters. The number of aromatic nitrogens is 5. The molecule has 1 aliphatic heterocycles. The fourth-order valence-corrected chi connectivity index (χ4v) is 3.02. The van der Waals surface area contributed by atoms with Crippen molar-refractivity contribution in [2.45, 2.75) is 12.5 Å². The van der Waals surface area contributed by atoms with Crippen LogP contribution in [0, 0.1) is 0 Å². The summed E-state index contributed by atoms with van der Waals surface area (Å²) in [5.74, 6) is 2.34. The lowest BCUT2D eigenvalue weighted by molar-refractivity contribution is 0.394. The lowest BCUT2D eigenvalue weighted by Crippen LogP contribution is -2.26. The number of nitrogens with one attached hydrogen (secondary N) is 1. The average molecular weight is 341 g/mol. The maximum absolute atomic E-state index is 5.36. The lowest BCUT2D eigenvalue weighted by atomic mass is 10.2. The molecule has 0 spiro atoms. The van der Waals surface area contributed by atoms with E-state index in [1.165, 1.54) is 4.63 Å². The largest absolute Gasteiger partial charge is 0.497 e. The van der Waals surface area contributed by atoms with Crippen LogP contribution in [0.1, 0.15) is 6.42 Å². The predicted molar refractivity (Wildman–Crippen MR) is 92.4 cm³/mol. The zero-order valence-corrected chi connectivity index (χ0v) is 14.1. The Morgan fingerprint density at radius 1 is 1.12 bits per heavy atom. The highest BCUT2D eigenvalue weighted by Crippen LogP contribution is 2.30. The van der Waals surface area contributed by atoms with Crippen LogP contribution in [0.2, 0.25) is 0 Å². The van der Waals surface area contributed by atoms with Gasteiger partial charge in [0.15, 0.2) is 5.65 Å². The Morgan fingerprint density at radius 3 is 2.68 bits per heavy atom. The number of hydrogen-bond donors (Lipinski definition) is 1. The molecule has 1 N–H and O–H groups in total. The molecule has 3 heterocycles. The van der Waals surface area contributed by atoms with Crippen LogP contribution in [0.5, 0.6) is 11.5 Å². The number of anilines is 2. The number of benzene rings is 1. The third kappa shape index (κ3) is 3.12. The molecule has 3 aromatic rings. The van der Waals surface area contributed by atoms with Crippen molar-refractivity contribution in [3.63, 3.8) is 0 Å². The molecule has 0 amide bonds. The summed E-state index contributed by atoms with van der Waals surface area (Å²) in [4.78, 5) is 2.30. The molecule has 25 heavy (non-hydrogen) atoms. The highest BCUT2D eigenvalue weighted by molar-refractivity contribution is 5.57. The van der Waals surface area contributed by atoms with Crippen molar-refractivity contribution >= 4 is 17.2 Å². The van der Waals surface area contributed by atoms with E-state index in [1.807, 2.05) is 30.3 Å². The van der Waals surface area contributed by atoms with Crippen molar-refractivity contribution in [2.75, 3.05) is 37.5 Å². The molecular weight excluding hydrogens is 322 g/mol. The molecule has 0 radical (unpaired) electrons. The first-order valence-electron chi connectivity index (χ1n) is 8.05. The third-order valence-electron chi connectivity index (χ3n) is 4.31. The molecule has 1 fully saturated rings. The molecule has 1 aromatic carbocycles. The van der Waals surface area contributed by atoms with E-state index in [-0.39, 0.29) is 0 Å². The van der Waals surface area contributed by atoms with Crippen LogP contribution in [0.25, 0.3) is 5.65 Å². The van der Waals surface area contributed by atoms with Gasteiger partial charge in [0.05, 0.1) is 14.2 Å². The van der Waals surface area contributed by atoms with E-state index in [0.29, 0.717) is 11.7 Å². The second-order valence-electron chi connectivity index (χ2n) is 5.89. The molecule has 0 aliphatic carbocycles. The van der Waals surface area contributed by atoms with Crippen molar-refractivity contribution in [2.24, 2.45) is 0 Å². The number of methoxy groups -OCH3 is 2. The van der Waals surface area contributed by atoms with Gasteiger partial charge in [0.25, 0.3) is 0 Å². The van der Waals surface area contributed by atoms with E-state index in [9.17, 15) is 0 Å². The molecule has 9 nitrogen and oxygen atoms in total. The first-order chi connectivity index (χ1) is 12.2. The van der Waals surface area contributed by atoms with Gasteiger partial charge in [-0.3, -0.25) is 0 Å². The van der Waals surface area contributed by atoms with Gasteiger partial charge in [0.2, 0.25) is 0 Å². The zero-order chi connectivity index (χ0) is 17.2. The van der Waals surface area contributed by atoms with Gasteiger partial charge < -0.3 is 19.7 Å². The van der Waals surface area contributed by atoms with Gasteiger partial charge >= 0.3 is 0 Å². The number of rotatable bonds is 5. The fourth-order valence-electron chi connectivity index (χ4n) is 3.02. The predicted octanol–water partition coefficient (Wildman–Crippen LogP) is 1.23. The Labute approximate surface area is 144 Å². The van der Waals surface area contributed by atoms with Crippen LogP contribution in [0.4, 0.5) is 11.5 Å². The van der Waals surface area contributed by atoms with Crippen LogP contribution < -0.4 is 19.7 Å². The number of ether oxygens (including phenoxy) is 2. The van der Waals surface area contributed by atoms with Gasteiger partial charge in [0, 0.05) is 43.0 Å². The number of fused-ring (bicyclic) bond motifs is 1. The second-order valence-corrected chi connectivity index (χ2v) is 5.89. The van der Waals surface area contributed by atoms with Gasteiger partial charge in [-0.25, -0.2) is 0 Å². The Hall–Kier alpha value is -3.10. The smallest absolute Gasteiger partial charge is 0.200 e. The molecule has 0 saturated carbocycles. The maximum Gasteiger partial charge on any atom is 0.200 e. The van der Waals surface area contributed by atoms with Crippen LogP contribution in [0.3, 0.4) is 0 Å². The molecule has 1 unspecified atom stereocenters. The van der Waals surface area contributed by atoms with Gasteiger partial charge in [-0.05, 0) is 29.0 Å². The average Bonchev–Trinajstić information content (AvgIpc) is 3.30. The minimum atomic E-state index is 0.290. The van der Waals surface area contributed by atoms with Crippen LogP contribution in [-0.4, -0.2) is 58.6 Å². The summed E-state index contributed by atoms with van der Waals surface area (Å²) in [6, 6.07) is 9.95. The molecule has 130 valence electrons. The van der Waals surface area contributed by atoms with Crippen molar-refractivity contribution in [1.29, 1.82) is 0 Å². The minimum Gasteiger partial charge on any atom is -0.497 e. The molecule has 1 aliphatic rings. The Morgan fingerprint density at radius 2 is 1.92 bits per heavy atom. The zero-order valence-electron chi connectivity index (χ0n) is 14.1. The van der Waals surface area contributed by atoms with Crippen molar-refractivity contribution in [1.82, 2.24) is 25.3 Å². The van der Waals surface area contributed by atoms with Crippen LogP contribution in [0.15, 0.2) is 30.3 Å². The van der Waals surface area contributed by atoms with Crippen LogP contribution in [-0.2, 0) is 0 Å². The fraction of sp³-hybridized carbons (Fsp3) is 0.375. The Balaban J connectivity index is 1.47. The highest BCUT2D eigenvalue weighted by Gasteiger charge is 2.24. The van der Waals surface area contributed by atoms with E-state index < -0.39 is 0 Å². The summed E-state index contributed by atoms with van der Waals surface area (Å²) in [6.45, 7) is 1.81. The first-order valence-corrected chi connectivity index (χ1v) is 8.05. The quantitative estimate of drug-likeness (QED) is 0.741. The van der Waals surface area contributed by atoms with E-state index in [0.717, 1.165) is 42.5 Å². The summed E-state index contributed by atoms with van der Waals surface area (Å²) in [6.07, 6.45) is 1.01. The van der Waals surface area contributed by atoms with E-state index in [2.05, 4.69) is 30.8 Å². The van der Waals surface area contributed by atoms with Gasteiger partial charge in [-0.1, -0.05) is 0 Å².